The van der Waals surface area contributed by atoms with E-state index >= 15 is 0 Å². The molecule has 0 saturated carbocycles. The normalized spacial score (nSPS) is 22.8. The number of aromatic nitrogens is 1. The van der Waals surface area contributed by atoms with Crippen molar-refractivity contribution in [2.75, 3.05) is 0 Å². The number of aromatic hydroxyl groups is 2. The Morgan fingerprint density at radius 1 is 1.15 bits per heavy atom. The van der Waals surface area contributed by atoms with Gasteiger partial charge in [-0.3, -0.25) is 4.98 Å². The summed E-state index contributed by atoms with van der Waals surface area (Å²) in [6.07, 6.45) is 5.04. The Bertz CT molecular complexity index is 868. The Labute approximate surface area is 158 Å². The van der Waals surface area contributed by atoms with Crippen molar-refractivity contribution in [1.82, 2.24) is 4.98 Å². The highest BCUT2D eigenvalue weighted by molar-refractivity contribution is 6.30. The van der Waals surface area contributed by atoms with Gasteiger partial charge in [0.15, 0.2) is 0 Å². The van der Waals surface area contributed by atoms with Crippen molar-refractivity contribution in [3.8, 4) is 22.6 Å². The van der Waals surface area contributed by atoms with Gasteiger partial charge >= 0.3 is 0 Å². The molecular formula is C21H22ClNO3. The number of aliphatic hydroxyl groups excluding tert-OH is 1. The van der Waals surface area contributed by atoms with Crippen molar-refractivity contribution < 1.29 is 15.3 Å². The second kappa shape index (κ2) is 7.14. The average molecular weight is 372 g/mol. The smallest absolute Gasteiger partial charge is 0.123 e. The molecule has 1 aliphatic carbocycles. The van der Waals surface area contributed by atoms with Crippen LogP contribution in [0.4, 0.5) is 0 Å². The van der Waals surface area contributed by atoms with Crippen LogP contribution in [0.3, 0.4) is 0 Å². The van der Waals surface area contributed by atoms with Gasteiger partial charge in [-0.2, -0.15) is 0 Å². The zero-order valence-corrected chi connectivity index (χ0v) is 15.5. The fraction of sp³-hybridized carbons (Fsp3) is 0.286. The molecule has 0 saturated heterocycles. The molecule has 3 unspecified atom stereocenters. The van der Waals surface area contributed by atoms with E-state index in [-0.39, 0.29) is 23.3 Å². The van der Waals surface area contributed by atoms with Crippen molar-refractivity contribution in [2.45, 2.75) is 32.3 Å². The van der Waals surface area contributed by atoms with Crippen LogP contribution in [0, 0.1) is 5.92 Å². The lowest BCUT2D eigenvalue weighted by Crippen LogP contribution is -2.26. The standard InChI is InChI=1S/C21H22ClNO3/c1-11(2)16-8-18(24)12(3)4-17(16)21-19(25)6-13(7-20(21)26)14-5-15(22)10-23-9-14/h4-7,9-10,16-18,24-26H,1,8H2,2-3H3. The van der Waals surface area contributed by atoms with Crippen LogP contribution < -0.4 is 0 Å². The summed E-state index contributed by atoms with van der Waals surface area (Å²) >= 11 is 5.98. The summed E-state index contributed by atoms with van der Waals surface area (Å²) in [4.78, 5) is 4.04. The Hall–Kier alpha value is -2.30. The van der Waals surface area contributed by atoms with Crippen LogP contribution in [0.15, 0.2) is 54.4 Å². The van der Waals surface area contributed by atoms with Gasteiger partial charge in [-0.15, -0.1) is 0 Å². The van der Waals surface area contributed by atoms with E-state index in [4.69, 9.17) is 11.6 Å². The van der Waals surface area contributed by atoms with Gasteiger partial charge in [-0.25, -0.2) is 0 Å². The molecule has 0 amide bonds. The number of phenolic OH excluding ortho intramolecular Hbond substituents is 2. The minimum atomic E-state index is -0.533. The minimum absolute atomic E-state index is 0.00309. The lowest BCUT2D eigenvalue weighted by atomic mass is 9.72. The number of hydrogen-bond acceptors (Lipinski definition) is 4. The summed E-state index contributed by atoms with van der Waals surface area (Å²) in [7, 11) is 0. The Morgan fingerprint density at radius 3 is 2.38 bits per heavy atom. The van der Waals surface area contributed by atoms with Crippen LogP contribution in [-0.4, -0.2) is 26.4 Å². The molecule has 3 N–H and O–H groups in total. The first-order chi connectivity index (χ1) is 12.3. The van der Waals surface area contributed by atoms with Gasteiger partial charge in [0.2, 0.25) is 0 Å². The molecular weight excluding hydrogens is 350 g/mol. The van der Waals surface area contributed by atoms with E-state index in [0.717, 1.165) is 11.1 Å². The molecule has 3 atom stereocenters. The minimum Gasteiger partial charge on any atom is -0.507 e. The van der Waals surface area contributed by atoms with Gasteiger partial charge in [0.1, 0.15) is 11.5 Å². The topological polar surface area (TPSA) is 73.6 Å². The van der Waals surface area contributed by atoms with Crippen LogP contribution in [0.25, 0.3) is 11.1 Å². The van der Waals surface area contributed by atoms with E-state index in [1.165, 1.54) is 6.20 Å². The Balaban J connectivity index is 2.09. The summed E-state index contributed by atoms with van der Waals surface area (Å²) < 4.78 is 0. The lowest BCUT2D eigenvalue weighted by molar-refractivity contribution is 0.168. The summed E-state index contributed by atoms with van der Waals surface area (Å²) in [5.74, 6) is -0.319. The molecule has 1 heterocycles. The number of halogens is 1. The first-order valence-electron chi connectivity index (χ1n) is 8.46. The van der Waals surface area contributed by atoms with E-state index in [1.807, 2.05) is 19.9 Å². The summed E-state index contributed by atoms with van der Waals surface area (Å²) in [5, 5.41) is 32.0. The van der Waals surface area contributed by atoms with E-state index in [9.17, 15) is 15.3 Å². The molecule has 2 aromatic rings. The molecule has 0 fully saturated rings. The van der Waals surface area contributed by atoms with E-state index < -0.39 is 6.10 Å². The van der Waals surface area contributed by atoms with Crippen LogP contribution in [-0.2, 0) is 0 Å². The molecule has 1 aromatic heterocycles. The average Bonchev–Trinajstić information content (AvgIpc) is 2.56. The van der Waals surface area contributed by atoms with Crippen molar-refractivity contribution in [1.29, 1.82) is 0 Å². The van der Waals surface area contributed by atoms with Crippen molar-refractivity contribution >= 4 is 11.6 Å². The second-order valence-electron chi connectivity index (χ2n) is 6.96. The number of nitrogens with zero attached hydrogens (tertiary/aromatic N) is 1. The fourth-order valence-electron chi connectivity index (χ4n) is 3.58. The van der Waals surface area contributed by atoms with Crippen LogP contribution in [0.1, 0.15) is 31.7 Å². The number of allylic oxidation sites excluding steroid dienone is 2. The summed E-state index contributed by atoms with van der Waals surface area (Å²) in [6, 6.07) is 4.93. The molecule has 1 aliphatic rings. The Kier molecular flexibility index (Phi) is 5.08. The second-order valence-corrected chi connectivity index (χ2v) is 7.40. The largest absolute Gasteiger partial charge is 0.507 e. The van der Waals surface area contributed by atoms with Gasteiger partial charge in [0, 0.05) is 29.4 Å². The monoisotopic (exact) mass is 371 g/mol. The molecule has 0 aliphatic heterocycles. The predicted octanol–water partition coefficient (Wildman–Crippen LogP) is 4.80. The third kappa shape index (κ3) is 3.48. The summed E-state index contributed by atoms with van der Waals surface area (Å²) in [6.45, 7) is 7.78. The molecule has 26 heavy (non-hydrogen) atoms. The predicted molar refractivity (Wildman–Crippen MR) is 103 cm³/mol. The third-order valence-corrected chi connectivity index (χ3v) is 5.23. The number of rotatable bonds is 3. The number of benzene rings is 1. The maximum Gasteiger partial charge on any atom is 0.123 e. The van der Waals surface area contributed by atoms with Gasteiger partial charge in [0.25, 0.3) is 0 Å². The van der Waals surface area contributed by atoms with Gasteiger partial charge in [-0.1, -0.05) is 29.8 Å². The molecule has 1 aromatic carbocycles. The zero-order valence-electron chi connectivity index (χ0n) is 14.8. The number of pyridine rings is 1. The third-order valence-electron chi connectivity index (χ3n) is 5.02. The SMILES string of the molecule is C=C(C)C1CC(O)C(C)=CC1c1c(O)cc(-c2cncc(Cl)c2)cc1O. The van der Waals surface area contributed by atoms with E-state index in [2.05, 4.69) is 11.6 Å². The maximum atomic E-state index is 10.7. The van der Waals surface area contributed by atoms with Crippen molar-refractivity contribution in [3.63, 3.8) is 0 Å². The summed E-state index contributed by atoms with van der Waals surface area (Å²) in [5.41, 5.74) is 3.51. The highest BCUT2D eigenvalue weighted by Crippen LogP contribution is 2.47. The maximum absolute atomic E-state index is 10.7. The van der Waals surface area contributed by atoms with Crippen molar-refractivity contribution in [3.05, 3.63) is 65.0 Å². The van der Waals surface area contributed by atoms with E-state index in [1.54, 1.807) is 24.4 Å². The van der Waals surface area contributed by atoms with Crippen LogP contribution >= 0.6 is 11.6 Å². The molecule has 5 heteroatoms. The molecule has 4 nitrogen and oxygen atoms in total. The molecule has 0 spiro atoms. The Morgan fingerprint density at radius 2 is 1.81 bits per heavy atom. The first kappa shape index (κ1) is 18.5. The lowest BCUT2D eigenvalue weighted by Gasteiger charge is -2.34. The molecule has 3 rings (SSSR count). The van der Waals surface area contributed by atoms with Gasteiger partial charge < -0.3 is 15.3 Å². The zero-order chi connectivity index (χ0) is 19.0. The molecule has 0 radical (unpaired) electrons. The highest BCUT2D eigenvalue weighted by atomic mass is 35.5. The van der Waals surface area contributed by atoms with Gasteiger partial charge in [-0.05, 0) is 55.5 Å². The number of phenols is 2. The van der Waals surface area contributed by atoms with Crippen LogP contribution in [0.5, 0.6) is 11.5 Å². The highest BCUT2D eigenvalue weighted by Gasteiger charge is 2.33. The molecule has 0 bridgehead atoms. The van der Waals surface area contributed by atoms with Gasteiger partial charge in [0.05, 0.1) is 11.1 Å². The van der Waals surface area contributed by atoms with Crippen molar-refractivity contribution in [2.24, 2.45) is 5.92 Å². The van der Waals surface area contributed by atoms with Crippen LogP contribution in [0.2, 0.25) is 5.02 Å². The first-order valence-corrected chi connectivity index (χ1v) is 8.84. The van der Waals surface area contributed by atoms with E-state index in [0.29, 0.717) is 28.1 Å². The fourth-order valence-corrected chi connectivity index (χ4v) is 3.75. The number of aliphatic hydroxyl groups is 1. The molecule has 136 valence electrons. The quantitative estimate of drug-likeness (QED) is 0.677. The number of hydrogen-bond donors (Lipinski definition) is 3.